The highest BCUT2D eigenvalue weighted by molar-refractivity contribution is 5.96. The predicted octanol–water partition coefficient (Wildman–Crippen LogP) is 2.65. The number of likely N-dealkylation sites (tertiary alicyclic amines) is 1. The molecule has 0 unspecified atom stereocenters. The minimum atomic E-state index is -0.452. The molecule has 1 saturated heterocycles. The number of alkyl carbamates (subject to hydrolysis) is 1. The van der Waals surface area contributed by atoms with Crippen molar-refractivity contribution >= 4 is 12.1 Å². The Kier molecular flexibility index (Phi) is 10.1. The fourth-order valence-corrected chi connectivity index (χ4v) is 2.33. The zero-order valence-corrected chi connectivity index (χ0v) is 15.6. The van der Waals surface area contributed by atoms with E-state index in [1.54, 1.807) is 6.92 Å². The lowest BCUT2D eigenvalue weighted by Crippen LogP contribution is -2.38. The second-order valence-electron chi connectivity index (χ2n) is 5.95. The van der Waals surface area contributed by atoms with Gasteiger partial charge in [-0.15, -0.1) is 12.3 Å². The molecule has 2 aliphatic rings. The van der Waals surface area contributed by atoms with Crippen LogP contribution in [0.3, 0.4) is 0 Å². The normalized spacial score (nSPS) is 18.7. The third-order valence-electron chi connectivity index (χ3n) is 3.87. The molecular formula is C19H30N4O2. The van der Waals surface area contributed by atoms with Crippen LogP contribution < -0.4 is 10.6 Å². The number of nitrogens with one attached hydrogen (secondary N) is 2. The minimum absolute atomic E-state index is 0.417. The molecule has 0 saturated carbocycles. The van der Waals surface area contributed by atoms with E-state index < -0.39 is 6.09 Å². The average molecular weight is 346 g/mol. The summed E-state index contributed by atoms with van der Waals surface area (Å²) >= 11 is 0. The van der Waals surface area contributed by atoms with Crippen molar-refractivity contribution in [3.63, 3.8) is 0 Å². The van der Waals surface area contributed by atoms with Crippen molar-refractivity contribution in [1.29, 1.82) is 0 Å². The topological polar surface area (TPSA) is 66.0 Å². The maximum atomic E-state index is 11.7. The molecule has 6 nitrogen and oxygen atoms in total. The van der Waals surface area contributed by atoms with Crippen LogP contribution in [-0.4, -0.2) is 49.7 Å². The van der Waals surface area contributed by atoms with Crippen molar-refractivity contribution in [2.75, 3.05) is 32.8 Å². The summed E-state index contributed by atoms with van der Waals surface area (Å²) in [6.45, 7) is 9.85. The first-order chi connectivity index (χ1) is 12.1. The first kappa shape index (κ1) is 20.8. The van der Waals surface area contributed by atoms with E-state index in [2.05, 4.69) is 52.8 Å². The van der Waals surface area contributed by atoms with Crippen LogP contribution in [0.5, 0.6) is 0 Å². The van der Waals surface area contributed by atoms with Gasteiger partial charge < -0.3 is 10.1 Å². The molecule has 138 valence electrons. The Morgan fingerprint density at radius 3 is 2.80 bits per heavy atom. The highest BCUT2D eigenvalue weighted by Gasteiger charge is 2.15. The summed E-state index contributed by atoms with van der Waals surface area (Å²) in [4.78, 5) is 18.2. The van der Waals surface area contributed by atoms with E-state index >= 15 is 0 Å². The van der Waals surface area contributed by atoms with Crippen LogP contribution in [0, 0.1) is 12.3 Å². The number of nitrogens with zero attached hydrogens (tertiary/aromatic N) is 2. The van der Waals surface area contributed by atoms with Gasteiger partial charge in [0.2, 0.25) is 5.96 Å². The molecule has 2 heterocycles. The number of carbonyl (C=O) groups is 1. The molecule has 6 heteroatoms. The number of allylic oxidation sites excluding steroid dienone is 3. The van der Waals surface area contributed by atoms with Gasteiger partial charge in [-0.05, 0) is 52.3 Å². The lowest BCUT2D eigenvalue weighted by Gasteiger charge is -2.14. The molecule has 2 N–H and O–H groups in total. The van der Waals surface area contributed by atoms with Crippen LogP contribution in [0.25, 0.3) is 0 Å². The quantitative estimate of drug-likeness (QED) is 0.751. The lowest BCUT2D eigenvalue weighted by molar-refractivity contribution is 0.137. The average Bonchev–Trinajstić information content (AvgIpc) is 3.25. The number of ether oxygens (including phenoxy) is 1. The number of carbonyl (C=O) groups excluding carboxylic acids is 1. The van der Waals surface area contributed by atoms with E-state index in [4.69, 9.17) is 4.74 Å². The van der Waals surface area contributed by atoms with Crippen LogP contribution >= 0.6 is 0 Å². The summed E-state index contributed by atoms with van der Waals surface area (Å²) in [5.74, 6) is 2.71. The van der Waals surface area contributed by atoms with E-state index in [0.29, 0.717) is 19.1 Å². The van der Waals surface area contributed by atoms with Gasteiger partial charge in [-0.1, -0.05) is 18.6 Å². The molecule has 0 bridgehead atoms. The fourth-order valence-electron chi connectivity index (χ4n) is 2.33. The SMILES string of the molecule is C#CC.CC/C(C)=C\C=C1/CN=C(NC(=O)OCCN2CCCC2)N1. The first-order valence-electron chi connectivity index (χ1n) is 8.80. The van der Waals surface area contributed by atoms with Gasteiger partial charge in [-0.3, -0.25) is 10.2 Å². The second-order valence-corrected chi connectivity index (χ2v) is 5.95. The van der Waals surface area contributed by atoms with Crippen LogP contribution in [0.1, 0.15) is 40.0 Å². The summed E-state index contributed by atoms with van der Waals surface area (Å²) in [5.41, 5.74) is 2.28. The Morgan fingerprint density at radius 1 is 1.48 bits per heavy atom. The zero-order valence-electron chi connectivity index (χ0n) is 15.6. The van der Waals surface area contributed by atoms with Gasteiger partial charge in [-0.2, -0.15) is 0 Å². The number of terminal acetylenes is 1. The molecular weight excluding hydrogens is 316 g/mol. The van der Waals surface area contributed by atoms with E-state index in [0.717, 1.165) is 31.8 Å². The van der Waals surface area contributed by atoms with E-state index in [9.17, 15) is 4.79 Å². The molecule has 2 aliphatic heterocycles. The highest BCUT2D eigenvalue weighted by Crippen LogP contribution is 2.06. The number of aliphatic imine (C=N–C) groups is 1. The molecule has 25 heavy (non-hydrogen) atoms. The summed E-state index contributed by atoms with van der Waals surface area (Å²) < 4.78 is 5.17. The minimum Gasteiger partial charge on any atom is -0.448 e. The van der Waals surface area contributed by atoms with Crippen molar-refractivity contribution in [2.45, 2.75) is 40.0 Å². The fraction of sp³-hybridized carbons (Fsp3) is 0.579. The Hall–Kier alpha value is -2.26. The Labute approximate surface area is 151 Å². The number of guanidine groups is 1. The smallest absolute Gasteiger partial charge is 0.414 e. The molecule has 0 aromatic rings. The zero-order chi connectivity index (χ0) is 18.5. The second kappa shape index (κ2) is 12.2. The predicted molar refractivity (Wildman–Crippen MR) is 102 cm³/mol. The molecule has 0 aromatic heterocycles. The van der Waals surface area contributed by atoms with Crippen molar-refractivity contribution < 1.29 is 9.53 Å². The van der Waals surface area contributed by atoms with Crippen molar-refractivity contribution in [2.24, 2.45) is 4.99 Å². The molecule has 0 radical (unpaired) electrons. The molecule has 0 atom stereocenters. The van der Waals surface area contributed by atoms with Gasteiger partial charge in [0.15, 0.2) is 0 Å². The standard InChI is InChI=1S/C16H26N4O2.C3H4/c1-3-13(2)6-7-14-12-17-15(18-14)19-16(21)22-11-10-20-8-4-5-9-20;1-3-2/h6-7H,3-5,8-12H2,1-2H3,(H2,17,18,19,21);1H,2H3/b13-6-,14-7+;. The lowest BCUT2D eigenvalue weighted by atomic mass is 10.2. The van der Waals surface area contributed by atoms with Crippen LogP contribution in [0.4, 0.5) is 4.79 Å². The third kappa shape index (κ3) is 8.96. The maximum Gasteiger partial charge on any atom is 0.414 e. The van der Waals surface area contributed by atoms with Crippen LogP contribution in [0.15, 0.2) is 28.4 Å². The summed E-state index contributed by atoms with van der Waals surface area (Å²) in [7, 11) is 0. The molecule has 1 fully saturated rings. The molecule has 0 aliphatic carbocycles. The molecule has 2 rings (SSSR count). The summed E-state index contributed by atoms with van der Waals surface area (Å²) in [6.07, 6.45) is 11.7. The van der Waals surface area contributed by atoms with Gasteiger partial charge in [0.25, 0.3) is 0 Å². The summed E-state index contributed by atoms with van der Waals surface area (Å²) in [6, 6.07) is 0. The molecule has 0 spiro atoms. The van der Waals surface area contributed by atoms with Gasteiger partial charge in [0.1, 0.15) is 6.61 Å². The van der Waals surface area contributed by atoms with Crippen LogP contribution in [0.2, 0.25) is 0 Å². The van der Waals surface area contributed by atoms with Crippen molar-refractivity contribution in [3.8, 4) is 12.3 Å². The number of hydrogen-bond acceptors (Lipinski definition) is 5. The van der Waals surface area contributed by atoms with E-state index in [1.165, 1.54) is 18.4 Å². The highest BCUT2D eigenvalue weighted by atomic mass is 16.5. The number of rotatable bonds is 5. The monoisotopic (exact) mass is 346 g/mol. The van der Waals surface area contributed by atoms with Crippen molar-refractivity contribution in [1.82, 2.24) is 15.5 Å². The Morgan fingerprint density at radius 2 is 2.16 bits per heavy atom. The van der Waals surface area contributed by atoms with Gasteiger partial charge in [0.05, 0.1) is 6.54 Å². The van der Waals surface area contributed by atoms with Crippen LogP contribution in [-0.2, 0) is 4.74 Å². The Balaban J connectivity index is 0.000000970. The molecule has 0 aromatic carbocycles. The maximum absolute atomic E-state index is 11.7. The third-order valence-corrected chi connectivity index (χ3v) is 3.87. The van der Waals surface area contributed by atoms with Gasteiger partial charge in [-0.25, -0.2) is 9.79 Å². The van der Waals surface area contributed by atoms with Crippen molar-refractivity contribution in [3.05, 3.63) is 23.4 Å². The van der Waals surface area contributed by atoms with E-state index in [-0.39, 0.29) is 0 Å². The first-order valence-corrected chi connectivity index (χ1v) is 8.80. The number of amides is 1. The summed E-state index contributed by atoms with van der Waals surface area (Å²) in [5, 5.41) is 5.71. The Bertz CT molecular complexity index is 552. The molecule has 1 amide bonds. The van der Waals surface area contributed by atoms with Gasteiger partial charge in [0, 0.05) is 12.2 Å². The number of hydrogen-bond donors (Lipinski definition) is 2. The largest absolute Gasteiger partial charge is 0.448 e. The van der Waals surface area contributed by atoms with E-state index in [1.807, 2.05) is 6.08 Å². The van der Waals surface area contributed by atoms with Gasteiger partial charge >= 0.3 is 6.09 Å².